The monoisotopic (exact) mass is 1870 g/mol. The maximum Gasteiger partial charge on any atom is 0.326 e. The quantitative estimate of drug-likeness (QED) is 0.0158. The number of nitrogens with zero attached hydrogens (tertiary/aromatic N) is 5. The van der Waals surface area contributed by atoms with Gasteiger partial charge in [0, 0.05) is 110 Å². The summed E-state index contributed by atoms with van der Waals surface area (Å²) in [6.45, 7) is 1.01. The first-order valence-electron chi connectivity index (χ1n) is 43.8. The minimum atomic E-state index is -1.95. The second kappa shape index (κ2) is 49.2. The van der Waals surface area contributed by atoms with Crippen LogP contribution in [0.2, 0.25) is 0 Å². The summed E-state index contributed by atoms with van der Waals surface area (Å²) < 4.78 is 0. The number of aliphatic carboxylic acids is 2. The number of aromatic nitrogens is 6. The van der Waals surface area contributed by atoms with Crippen molar-refractivity contribution in [2.24, 2.45) is 28.9 Å². The van der Waals surface area contributed by atoms with E-state index in [0.717, 1.165) is 4.90 Å². The van der Waals surface area contributed by atoms with E-state index in [1.54, 1.807) is 60.9 Å². The van der Waals surface area contributed by atoms with Gasteiger partial charge in [0.1, 0.15) is 84.6 Å². The summed E-state index contributed by atoms with van der Waals surface area (Å²) in [4.78, 5) is 286. The van der Waals surface area contributed by atoms with Crippen molar-refractivity contribution in [1.82, 2.24) is 108 Å². The van der Waals surface area contributed by atoms with Gasteiger partial charge in [-0.25, -0.2) is 14.8 Å². The van der Waals surface area contributed by atoms with E-state index in [4.69, 9.17) is 22.9 Å². The molecule has 0 radical (unpaired) electrons. The van der Waals surface area contributed by atoms with Gasteiger partial charge in [0.15, 0.2) is 0 Å². The second-order valence-corrected chi connectivity index (χ2v) is 33.4. The molecule has 3 fully saturated rings. The third-order valence-electron chi connectivity index (χ3n) is 23.2. The molecule has 726 valence electrons. The summed E-state index contributed by atoms with van der Waals surface area (Å²) in [6, 6.07) is -9.84. The van der Waals surface area contributed by atoms with Crippen molar-refractivity contribution in [1.29, 1.82) is 0 Å². The van der Waals surface area contributed by atoms with Crippen LogP contribution in [0.3, 0.4) is 0 Å². The molecule has 3 saturated heterocycles. The number of aliphatic hydroxyl groups excluding tert-OH is 3. The number of para-hydroxylation sites is 2. The van der Waals surface area contributed by atoms with Crippen LogP contribution in [0, 0.1) is 5.92 Å². The van der Waals surface area contributed by atoms with E-state index in [2.05, 4.69) is 93.7 Å². The number of fused-ring (bicyclic) bond motifs is 2. The standard InChI is InChI=1S/C85H117N25O24/c1-42(2)69(80(128)101-55(27-44-33-92-51-15-6-4-13-48(44)51)74(122)100-56(30-47-36-91-41-96-47)71(119)94-37-67(116)97-60(38-111)75(123)102-58(32-68(117)118)84(132)110-26-12-19-63(110)78(126)104-59(85(133)134)31-66(89)115)106-76(124)61(39-112)105-72(120)53(17-8-9-23-86)98-73(121)54(21-22-65(88)114)99-77(125)62-18-11-25-109(62)83(131)57(28-45-34-93-52-16-7-5-14-49(45)52)103-81(129)70(43(3)113)107-79(127)64-20-10-24-108(64)82(130)50(87)29-46-35-90-40-95-46/h4-7,13-16,33-36,40-43,50,53-64,69-70,92-93,111-113H,8-12,17-32,37-39,86-87H2,1-3H3,(H2,88,114)(H2,89,115)(H,90,95)(H,91,96)(H,94,119)(H,97,116)(H,98,121)(H,99,125)(H,100,122)(H,101,128)(H,102,123)(H,103,129)(H,104,126)(H,105,120)(H,106,124)(H,107,127)(H,117,118)(H,133,134)/t43-,50+,53+,54+,55+,56+,57+,58+,59+,60+,61+,62+,63+,64+,69+,70+/m1/s1. The van der Waals surface area contributed by atoms with E-state index in [1.807, 2.05) is 0 Å². The topological polar surface area (TPSA) is 773 Å². The van der Waals surface area contributed by atoms with Crippen LogP contribution in [0.15, 0.2) is 86.0 Å². The predicted molar refractivity (Wildman–Crippen MR) is 471 cm³/mol. The maximum absolute atomic E-state index is 15.2. The van der Waals surface area contributed by atoms with Crippen molar-refractivity contribution in [2.45, 2.75) is 227 Å². The first kappa shape index (κ1) is 103. The summed E-state index contributed by atoms with van der Waals surface area (Å²) in [7, 11) is 0. The zero-order chi connectivity index (χ0) is 97.7. The molecule has 49 heteroatoms. The van der Waals surface area contributed by atoms with Crippen molar-refractivity contribution in [3.8, 4) is 0 Å². The van der Waals surface area contributed by atoms with Gasteiger partial charge in [-0.15, -0.1) is 0 Å². The predicted octanol–water partition coefficient (Wildman–Crippen LogP) is -8.03. The molecule has 3 aliphatic heterocycles. The van der Waals surface area contributed by atoms with E-state index in [1.165, 1.54) is 55.6 Å². The molecule has 134 heavy (non-hydrogen) atoms. The molecule has 6 aromatic rings. The number of carboxylic acids is 2. The molecule has 29 N–H and O–H groups in total. The Balaban J connectivity index is 0.860. The minimum Gasteiger partial charge on any atom is -0.481 e. The maximum atomic E-state index is 15.2. The number of aromatic amines is 4. The number of carbonyl (C=O) groups excluding carboxylic acids is 17. The third kappa shape index (κ3) is 28.6. The van der Waals surface area contributed by atoms with Gasteiger partial charge in [0.2, 0.25) is 100 Å². The lowest BCUT2D eigenvalue weighted by atomic mass is 9.99. The van der Waals surface area contributed by atoms with E-state index in [0.29, 0.717) is 45.0 Å². The molecule has 0 aliphatic carbocycles. The van der Waals surface area contributed by atoms with E-state index in [9.17, 15) is 112 Å². The lowest BCUT2D eigenvalue weighted by Crippen LogP contribution is -2.62. The SMILES string of the molecule is CC(C)[C@H](NC(=O)[C@H](CO)NC(=O)[C@H](CCCCN)NC(=O)[C@H](CCC(N)=O)NC(=O)[C@@H]1CCCN1C(=O)[C@H](Cc1c[nH]c2ccccc12)NC(=O)[C@@H](NC(=O)[C@@H]1CCCN1C(=O)[C@@H](N)Cc1cnc[nH]1)[C@@H](C)O)C(=O)N[C@@H](Cc1c[nH]c2ccccc12)C(=O)N[C@@H](Cc1cnc[nH]1)C(=O)NCC(=O)N[C@@H](CO)C(=O)N[C@@H](CC(=O)O)C(=O)N1CCC[C@H]1C(=O)N[C@@H](CC(N)=O)C(=O)O. The Morgan fingerprint density at radius 2 is 0.896 bits per heavy atom. The molecular weight excluding hydrogens is 1760 g/mol. The van der Waals surface area contributed by atoms with E-state index >= 15 is 4.79 Å². The zero-order valence-corrected chi connectivity index (χ0v) is 73.9. The number of H-pyrrole nitrogens is 4. The van der Waals surface area contributed by atoms with Crippen molar-refractivity contribution in [3.63, 3.8) is 0 Å². The highest BCUT2D eigenvalue weighted by Gasteiger charge is 2.46. The second-order valence-electron chi connectivity index (χ2n) is 33.4. The van der Waals surface area contributed by atoms with Gasteiger partial charge < -0.3 is 147 Å². The Labute approximate surface area is 765 Å². The number of carboxylic acid groups (broad SMARTS) is 2. The number of imidazole rings is 2. The van der Waals surface area contributed by atoms with Gasteiger partial charge in [-0.2, -0.15) is 0 Å². The number of aliphatic hydroxyl groups is 3. The molecule has 0 bridgehead atoms. The molecule has 0 spiro atoms. The van der Waals surface area contributed by atoms with Crippen LogP contribution in [0.1, 0.15) is 127 Å². The van der Waals surface area contributed by atoms with Crippen molar-refractivity contribution in [2.75, 3.05) is 45.9 Å². The highest BCUT2D eigenvalue weighted by atomic mass is 16.4. The highest BCUT2D eigenvalue weighted by molar-refractivity contribution is 6.02. The van der Waals surface area contributed by atoms with Crippen LogP contribution in [-0.4, -0.2) is 325 Å². The zero-order valence-electron chi connectivity index (χ0n) is 73.9. The summed E-state index contributed by atoms with van der Waals surface area (Å²) >= 11 is 0. The number of benzene rings is 2. The molecule has 2 aromatic carbocycles. The van der Waals surface area contributed by atoms with Crippen LogP contribution < -0.4 is 86.7 Å². The number of likely N-dealkylation sites (tertiary alicyclic amines) is 3. The Morgan fingerprint density at radius 3 is 1.40 bits per heavy atom. The number of hydrogen-bond donors (Lipinski definition) is 25. The van der Waals surface area contributed by atoms with E-state index < -0.39 is 260 Å². The first-order chi connectivity index (χ1) is 63.9. The average molecular weight is 1870 g/mol. The molecule has 7 heterocycles. The summed E-state index contributed by atoms with van der Waals surface area (Å²) in [6.07, 6.45) is 4.60. The number of unbranched alkanes of at least 4 members (excludes halogenated alkanes) is 1. The molecule has 9 rings (SSSR count). The molecule has 3 aliphatic rings. The summed E-state index contributed by atoms with van der Waals surface area (Å²) in [5.41, 5.74) is 26.0. The van der Waals surface area contributed by atoms with Crippen molar-refractivity contribution >= 4 is 134 Å². The molecule has 17 amide bonds. The Kier molecular flexibility index (Phi) is 38.0. The Hall–Kier alpha value is -14.3. The van der Waals surface area contributed by atoms with Crippen molar-refractivity contribution < 1.29 is 117 Å². The van der Waals surface area contributed by atoms with Gasteiger partial charge in [0.25, 0.3) is 0 Å². The van der Waals surface area contributed by atoms with Crippen molar-refractivity contribution in [3.05, 3.63) is 108 Å². The molecule has 0 saturated carbocycles. The largest absolute Gasteiger partial charge is 0.481 e. The van der Waals surface area contributed by atoms with E-state index in [-0.39, 0.29) is 109 Å². The highest BCUT2D eigenvalue weighted by Crippen LogP contribution is 2.27. The molecule has 16 atom stereocenters. The van der Waals surface area contributed by atoms with Crippen LogP contribution in [0.25, 0.3) is 21.8 Å². The van der Waals surface area contributed by atoms with Gasteiger partial charge in [0.05, 0.1) is 57.4 Å². The first-order valence-corrected chi connectivity index (χ1v) is 43.8. The van der Waals surface area contributed by atoms with Crippen LogP contribution in [-0.2, 0) is 117 Å². The molecule has 4 aromatic heterocycles. The number of primary amides is 2. The van der Waals surface area contributed by atoms with Crippen LogP contribution in [0.5, 0.6) is 0 Å². The normalized spacial score (nSPS) is 17.7. The Bertz CT molecular complexity index is 5200. The smallest absolute Gasteiger partial charge is 0.326 e. The fourth-order valence-electron chi connectivity index (χ4n) is 16.1. The Morgan fingerprint density at radius 1 is 0.455 bits per heavy atom. The molecule has 0 unspecified atom stereocenters. The summed E-state index contributed by atoms with van der Waals surface area (Å²) in [5.74, 6) is -21.2. The fraction of sp³-hybridized carbons (Fsp3) is 0.518. The van der Waals surface area contributed by atoms with Gasteiger partial charge in [-0.3, -0.25) is 86.3 Å². The molecule has 49 nitrogen and oxygen atoms in total. The third-order valence-corrected chi connectivity index (χ3v) is 23.2. The van der Waals surface area contributed by atoms with Gasteiger partial charge in [-0.05, 0) is 107 Å². The minimum absolute atomic E-state index is 0.00283. The van der Waals surface area contributed by atoms with Gasteiger partial charge in [-0.1, -0.05) is 50.2 Å². The number of carbonyl (C=O) groups is 19. The summed E-state index contributed by atoms with van der Waals surface area (Å²) in [5, 5.41) is 82.3. The number of hydrogen-bond acceptors (Lipinski definition) is 26. The average Bonchev–Trinajstić information content (AvgIpc) is 1.64. The number of nitrogens with one attached hydrogen (secondary N) is 16. The lowest BCUT2D eigenvalue weighted by Gasteiger charge is -2.32. The van der Waals surface area contributed by atoms with Gasteiger partial charge >= 0.3 is 11.9 Å². The number of amides is 17. The number of nitrogens with two attached hydrogens (primary N) is 4. The fourth-order valence-corrected chi connectivity index (χ4v) is 16.1. The van der Waals surface area contributed by atoms with Crippen LogP contribution >= 0.6 is 0 Å². The number of rotatable bonds is 51. The molecular formula is C85H117N25O24. The lowest BCUT2D eigenvalue weighted by molar-refractivity contribution is -0.147. The van der Waals surface area contributed by atoms with Crippen LogP contribution in [0.4, 0.5) is 0 Å².